The predicted octanol–water partition coefficient (Wildman–Crippen LogP) is 2.17. The molecule has 15 heavy (non-hydrogen) atoms. The van der Waals surface area contributed by atoms with Gasteiger partial charge in [0.25, 0.3) is 0 Å². The Labute approximate surface area is 99.3 Å². The van der Waals surface area contributed by atoms with Crippen LogP contribution >= 0.6 is 24.0 Å². The lowest BCUT2D eigenvalue weighted by Crippen LogP contribution is -2.33. The summed E-state index contributed by atoms with van der Waals surface area (Å²) in [7, 11) is 2.14. The van der Waals surface area contributed by atoms with Crippen molar-refractivity contribution in [2.24, 2.45) is 0 Å². The van der Waals surface area contributed by atoms with Crippen molar-refractivity contribution in [2.45, 2.75) is 13.0 Å². The lowest BCUT2D eigenvalue weighted by Gasteiger charge is -2.31. The second-order valence-corrected chi connectivity index (χ2v) is 5.43. The van der Waals surface area contributed by atoms with Crippen molar-refractivity contribution < 1.29 is 0 Å². The Bertz CT molecular complexity index is 402. The van der Waals surface area contributed by atoms with Crippen molar-refractivity contribution in [3.63, 3.8) is 0 Å². The third-order valence-corrected chi connectivity index (χ3v) is 3.84. The monoisotopic (exact) mass is 241 g/mol. The Morgan fingerprint density at radius 3 is 3.13 bits per heavy atom. The summed E-state index contributed by atoms with van der Waals surface area (Å²) in [5, 5.41) is 0. The summed E-state index contributed by atoms with van der Waals surface area (Å²) in [5.74, 6) is 3.31. The number of rotatable bonds is 1. The highest BCUT2D eigenvalue weighted by Gasteiger charge is 2.22. The molecule has 0 spiro atoms. The first kappa shape index (κ1) is 11.1. The van der Waals surface area contributed by atoms with E-state index in [2.05, 4.69) is 21.9 Å². The van der Waals surface area contributed by atoms with Crippen molar-refractivity contribution in [1.29, 1.82) is 0 Å². The number of thioether (sulfide) groups is 1. The van der Waals surface area contributed by atoms with E-state index >= 15 is 0 Å². The van der Waals surface area contributed by atoms with Gasteiger partial charge in [-0.3, -0.25) is 4.90 Å². The Kier molecular flexibility index (Phi) is 3.43. The minimum Gasteiger partial charge on any atom is -0.346 e. The van der Waals surface area contributed by atoms with Gasteiger partial charge in [-0.15, -0.1) is 0 Å². The van der Waals surface area contributed by atoms with Gasteiger partial charge in [0.05, 0.1) is 6.04 Å². The molecule has 0 radical (unpaired) electrons. The van der Waals surface area contributed by atoms with Crippen molar-refractivity contribution in [3.8, 4) is 0 Å². The maximum atomic E-state index is 5.14. The summed E-state index contributed by atoms with van der Waals surface area (Å²) < 4.78 is 0.685. The first-order chi connectivity index (χ1) is 7.16. The molecular weight excluding hydrogens is 226 g/mol. The molecule has 0 saturated carbocycles. The molecule has 0 amide bonds. The number of hydrogen-bond donors (Lipinski definition) is 1. The second kappa shape index (κ2) is 4.63. The summed E-state index contributed by atoms with van der Waals surface area (Å²) >= 11 is 7.12. The summed E-state index contributed by atoms with van der Waals surface area (Å²) in [6.07, 6.45) is 0. The number of aryl methyl sites for hydroxylation is 1. The fraction of sp³-hybridized carbons (Fsp3) is 0.600. The van der Waals surface area contributed by atoms with Crippen molar-refractivity contribution >= 4 is 24.0 Å². The van der Waals surface area contributed by atoms with Gasteiger partial charge in [-0.25, -0.2) is 4.98 Å². The molecule has 1 fully saturated rings. The van der Waals surface area contributed by atoms with Gasteiger partial charge < -0.3 is 4.98 Å². The molecule has 2 heterocycles. The number of nitrogens with one attached hydrogen (secondary N) is 1. The SMILES string of the molecule is Cc1cc(=S)nc(C2CSCCN2C)[nH]1. The van der Waals surface area contributed by atoms with E-state index in [1.54, 1.807) is 0 Å². The molecule has 1 unspecified atom stereocenters. The topological polar surface area (TPSA) is 31.9 Å². The summed E-state index contributed by atoms with van der Waals surface area (Å²) in [5.41, 5.74) is 1.09. The first-order valence-corrected chi connectivity index (χ1v) is 6.59. The highest BCUT2D eigenvalue weighted by molar-refractivity contribution is 7.99. The molecule has 1 aromatic rings. The van der Waals surface area contributed by atoms with E-state index in [0.29, 0.717) is 10.7 Å². The van der Waals surface area contributed by atoms with Crippen molar-refractivity contribution in [2.75, 3.05) is 25.1 Å². The van der Waals surface area contributed by atoms with Crippen LogP contribution < -0.4 is 0 Å². The molecule has 5 heteroatoms. The van der Waals surface area contributed by atoms with Crippen LogP contribution in [0.25, 0.3) is 0 Å². The quantitative estimate of drug-likeness (QED) is 0.764. The summed E-state index contributed by atoms with van der Waals surface area (Å²) in [6, 6.07) is 2.28. The molecule has 0 bridgehead atoms. The fourth-order valence-corrected chi connectivity index (χ4v) is 3.23. The van der Waals surface area contributed by atoms with Crippen LogP contribution in [0.1, 0.15) is 17.6 Å². The smallest absolute Gasteiger partial charge is 0.130 e. The number of hydrogen-bond acceptors (Lipinski definition) is 4. The third-order valence-electron chi connectivity index (χ3n) is 2.61. The number of nitrogens with zero attached hydrogens (tertiary/aromatic N) is 2. The standard InChI is InChI=1S/C10H15N3S2/c1-7-5-9(14)12-10(11-7)8-6-15-4-3-13(8)2/h5,8H,3-4,6H2,1-2H3,(H,11,12,14). The zero-order valence-electron chi connectivity index (χ0n) is 8.99. The minimum absolute atomic E-state index is 0.380. The normalized spacial score (nSPS) is 22.9. The van der Waals surface area contributed by atoms with Crippen LogP contribution in [0.15, 0.2) is 6.07 Å². The maximum absolute atomic E-state index is 5.14. The average molecular weight is 241 g/mol. The second-order valence-electron chi connectivity index (χ2n) is 3.86. The van der Waals surface area contributed by atoms with Crippen LogP contribution in [0.5, 0.6) is 0 Å². The lowest BCUT2D eigenvalue weighted by molar-refractivity contribution is 0.264. The Hall–Kier alpha value is -0.390. The molecule has 1 aromatic heterocycles. The van der Waals surface area contributed by atoms with Gasteiger partial charge in [0, 0.05) is 23.7 Å². The summed E-state index contributed by atoms with van der Waals surface area (Å²) in [4.78, 5) is 10.1. The van der Waals surface area contributed by atoms with Crippen LogP contribution in [-0.2, 0) is 0 Å². The zero-order chi connectivity index (χ0) is 10.8. The molecule has 1 N–H and O–H groups in total. The van der Waals surface area contributed by atoms with Gasteiger partial charge in [-0.1, -0.05) is 12.2 Å². The van der Waals surface area contributed by atoms with E-state index in [4.69, 9.17) is 12.2 Å². The predicted molar refractivity (Wildman–Crippen MR) is 66.9 cm³/mol. The van der Waals surface area contributed by atoms with Crippen LogP contribution in [0.4, 0.5) is 0 Å². The highest BCUT2D eigenvalue weighted by atomic mass is 32.2. The number of aromatic amines is 1. The molecular formula is C10H15N3S2. The van der Waals surface area contributed by atoms with Crippen LogP contribution in [0.3, 0.4) is 0 Å². The largest absolute Gasteiger partial charge is 0.346 e. The van der Waals surface area contributed by atoms with E-state index in [0.717, 1.165) is 23.8 Å². The molecule has 3 nitrogen and oxygen atoms in total. The van der Waals surface area contributed by atoms with E-state index in [1.807, 2.05) is 24.8 Å². The van der Waals surface area contributed by atoms with Crippen molar-refractivity contribution in [1.82, 2.24) is 14.9 Å². The Morgan fingerprint density at radius 2 is 2.47 bits per heavy atom. The van der Waals surface area contributed by atoms with E-state index < -0.39 is 0 Å². The van der Waals surface area contributed by atoms with Gasteiger partial charge in [0.15, 0.2) is 0 Å². The number of H-pyrrole nitrogens is 1. The first-order valence-electron chi connectivity index (χ1n) is 5.02. The molecule has 0 aromatic carbocycles. The van der Waals surface area contributed by atoms with E-state index in [1.165, 1.54) is 5.75 Å². The molecule has 1 aliphatic heterocycles. The number of aromatic nitrogens is 2. The fourth-order valence-electron chi connectivity index (χ4n) is 1.73. The summed E-state index contributed by atoms with van der Waals surface area (Å²) in [6.45, 7) is 3.14. The third kappa shape index (κ3) is 2.59. The maximum Gasteiger partial charge on any atom is 0.130 e. The molecule has 1 atom stereocenters. The molecule has 82 valence electrons. The van der Waals surface area contributed by atoms with Gasteiger partial charge >= 0.3 is 0 Å². The van der Waals surface area contributed by atoms with Gasteiger partial charge in [0.1, 0.15) is 10.5 Å². The van der Waals surface area contributed by atoms with E-state index in [-0.39, 0.29) is 0 Å². The Balaban J connectivity index is 2.31. The van der Waals surface area contributed by atoms with Crippen LogP contribution in [0.2, 0.25) is 0 Å². The molecule has 2 rings (SSSR count). The van der Waals surface area contributed by atoms with Crippen LogP contribution in [0, 0.1) is 11.6 Å². The average Bonchev–Trinajstić information content (AvgIpc) is 2.16. The van der Waals surface area contributed by atoms with Gasteiger partial charge in [-0.2, -0.15) is 11.8 Å². The molecule has 1 aliphatic rings. The van der Waals surface area contributed by atoms with Crippen LogP contribution in [-0.4, -0.2) is 40.0 Å². The van der Waals surface area contributed by atoms with E-state index in [9.17, 15) is 0 Å². The molecule has 1 saturated heterocycles. The lowest BCUT2D eigenvalue weighted by atomic mass is 10.2. The zero-order valence-corrected chi connectivity index (χ0v) is 10.6. The Morgan fingerprint density at radius 1 is 1.67 bits per heavy atom. The van der Waals surface area contributed by atoms with Gasteiger partial charge in [-0.05, 0) is 20.0 Å². The van der Waals surface area contributed by atoms with Gasteiger partial charge in [0.2, 0.25) is 0 Å². The minimum atomic E-state index is 0.380. The highest BCUT2D eigenvalue weighted by Crippen LogP contribution is 2.25. The van der Waals surface area contributed by atoms with Crippen molar-refractivity contribution in [3.05, 3.63) is 22.2 Å². The molecule has 0 aliphatic carbocycles.